The summed E-state index contributed by atoms with van der Waals surface area (Å²) in [4.78, 5) is 17.5. The van der Waals surface area contributed by atoms with Crippen molar-refractivity contribution < 1.29 is 4.79 Å². The van der Waals surface area contributed by atoms with Gasteiger partial charge in [0.2, 0.25) is 5.91 Å². The number of hydrogen-bond acceptors (Lipinski definition) is 3. The Morgan fingerprint density at radius 2 is 1.81 bits per heavy atom. The number of hydrogen-bond donors (Lipinski definition) is 1. The SMILES string of the molecule is CCC(Sc1cc(C)c2cc(C)cc(C)c2n1)C(=O)Nc1ccccc1. The quantitative estimate of drug-likeness (QED) is 0.593. The number of pyridine rings is 1. The first-order valence-electron chi connectivity index (χ1n) is 8.89. The predicted molar refractivity (Wildman–Crippen MR) is 111 cm³/mol. The Hall–Kier alpha value is -2.33. The van der Waals surface area contributed by atoms with Gasteiger partial charge in [0.05, 0.1) is 15.8 Å². The first kappa shape index (κ1) is 18.5. The molecule has 0 aliphatic rings. The van der Waals surface area contributed by atoms with Crippen LogP contribution in [0.4, 0.5) is 5.69 Å². The highest BCUT2D eigenvalue weighted by Crippen LogP contribution is 2.30. The van der Waals surface area contributed by atoms with Crippen molar-refractivity contribution >= 4 is 34.3 Å². The van der Waals surface area contributed by atoms with E-state index in [9.17, 15) is 4.79 Å². The molecule has 26 heavy (non-hydrogen) atoms. The number of carbonyl (C=O) groups is 1. The maximum absolute atomic E-state index is 12.6. The van der Waals surface area contributed by atoms with Crippen LogP contribution in [0.5, 0.6) is 0 Å². The molecule has 0 fully saturated rings. The number of aryl methyl sites for hydroxylation is 3. The molecule has 1 unspecified atom stereocenters. The van der Waals surface area contributed by atoms with E-state index in [-0.39, 0.29) is 11.2 Å². The molecule has 3 aromatic rings. The van der Waals surface area contributed by atoms with Gasteiger partial charge in [-0.25, -0.2) is 4.98 Å². The Bertz CT molecular complexity index is 938. The average molecular weight is 365 g/mol. The Labute approximate surface area is 159 Å². The van der Waals surface area contributed by atoms with E-state index >= 15 is 0 Å². The van der Waals surface area contributed by atoms with Gasteiger partial charge >= 0.3 is 0 Å². The number of aromatic nitrogens is 1. The lowest BCUT2D eigenvalue weighted by molar-refractivity contribution is -0.115. The molecule has 1 atom stereocenters. The summed E-state index contributed by atoms with van der Waals surface area (Å²) in [5.41, 5.74) is 5.46. The van der Waals surface area contributed by atoms with Gasteiger partial charge in [-0.05, 0) is 62.6 Å². The number of fused-ring (bicyclic) bond motifs is 1. The summed E-state index contributed by atoms with van der Waals surface area (Å²) in [5, 5.41) is 4.91. The van der Waals surface area contributed by atoms with E-state index in [4.69, 9.17) is 4.98 Å². The first-order valence-corrected chi connectivity index (χ1v) is 9.77. The van der Waals surface area contributed by atoms with Crippen molar-refractivity contribution in [2.75, 3.05) is 5.32 Å². The van der Waals surface area contributed by atoms with Crippen molar-refractivity contribution in [2.45, 2.75) is 44.4 Å². The molecule has 3 rings (SSSR count). The van der Waals surface area contributed by atoms with Crippen LogP contribution in [0.25, 0.3) is 10.9 Å². The minimum Gasteiger partial charge on any atom is -0.325 e. The number of amides is 1. The van der Waals surface area contributed by atoms with E-state index in [0.717, 1.165) is 22.7 Å². The summed E-state index contributed by atoms with van der Waals surface area (Å²) in [5.74, 6) is 0.0175. The van der Waals surface area contributed by atoms with E-state index in [1.54, 1.807) is 0 Å². The lowest BCUT2D eigenvalue weighted by Crippen LogP contribution is -2.24. The van der Waals surface area contributed by atoms with Crippen molar-refractivity contribution in [2.24, 2.45) is 0 Å². The second kappa shape index (κ2) is 7.92. The largest absolute Gasteiger partial charge is 0.325 e. The number of carbonyl (C=O) groups excluding carboxylic acids is 1. The van der Waals surface area contributed by atoms with Crippen LogP contribution in [-0.4, -0.2) is 16.1 Å². The molecule has 1 aromatic heterocycles. The Morgan fingerprint density at radius 1 is 1.08 bits per heavy atom. The van der Waals surface area contributed by atoms with Gasteiger partial charge < -0.3 is 5.32 Å². The van der Waals surface area contributed by atoms with E-state index < -0.39 is 0 Å². The molecule has 0 saturated heterocycles. The van der Waals surface area contributed by atoms with Gasteiger partial charge in [-0.3, -0.25) is 4.79 Å². The highest BCUT2D eigenvalue weighted by atomic mass is 32.2. The number of nitrogens with zero attached hydrogens (tertiary/aromatic N) is 1. The highest BCUT2D eigenvalue weighted by Gasteiger charge is 2.19. The van der Waals surface area contributed by atoms with Crippen LogP contribution >= 0.6 is 11.8 Å². The summed E-state index contributed by atoms with van der Waals surface area (Å²) < 4.78 is 0. The lowest BCUT2D eigenvalue weighted by Gasteiger charge is -2.16. The van der Waals surface area contributed by atoms with Gasteiger partial charge in [0.1, 0.15) is 0 Å². The van der Waals surface area contributed by atoms with Crippen LogP contribution in [0.15, 0.2) is 53.6 Å². The number of para-hydroxylation sites is 1. The van der Waals surface area contributed by atoms with E-state index in [0.29, 0.717) is 0 Å². The molecule has 4 heteroatoms. The number of thioether (sulfide) groups is 1. The van der Waals surface area contributed by atoms with E-state index in [1.165, 1.54) is 33.8 Å². The van der Waals surface area contributed by atoms with Crippen LogP contribution < -0.4 is 5.32 Å². The van der Waals surface area contributed by atoms with Crippen molar-refractivity contribution in [3.05, 3.63) is 65.2 Å². The topological polar surface area (TPSA) is 42.0 Å². The van der Waals surface area contributed by atoms with Crippen molar-refractivity contribution in [1.82, 2.24) is 4.98 Å². The molecule has 134 valence electrons. The van der Waals surface area contributed by atoms with Gasteiger partial charge in [-0.15, -0.1) is 0 Å². The molecule has 0 saturated carbocycles. The van der Waals surface area contributed by atoms with Crippen LogP contribution in [0.1, 0.15) is 30.0 Å². The Kier molecular flexibility index (Phi) is 5.62. The fourth-order valence-corrected chi connectivity index (χ4v) is 4.10. The minimum absolute atomic E-state index is 0.0175. The van der Waals surface area contributed by atoms with Crippen molar-refractivity contribution in [3.63, 3.8) is 0 Å². The fourth-order valence-electron chi connectivity index (χ4n) is 3.09. The highest BCUT2D eigenvalue weighted by molar-refractivity contribution is 8.00. The molecule has 0 radical (unpaired) electrons. The second-order valence-corrected chi connectivity index (χ2v) is 7.85. The van der Waals surface area contributed by atoms with Gasteiger partial charge in [-0.2, -0.15) is 0 Å². The average Bonchev–Trinajstić information content (AvgIpc) is 2.61. The smallest absolute Gasteiger partial charge is 0.237 e. The second-order valence-electron chi connectivity index (χ2n) is 6.63. The predicted octanol–water partition coefficient (Wildman–Crippen LogP) is 5.67. The van der Waals surface area contributed by atoms with Crippen LogP contribution in [0, 0.1) is 20.8 Å². The Morgan fingerprint density at radius 3 is 2.50 bits per heavy atom. The monoisotopic (exact) mass is 364 g/mol. The Balaban J connectivity index is 1.85. The maximum atomic E-state index is 12.6. The zero-order chi connectivity index (χ0) is 18.7. The van der Waals surface area contributed by atoms with E-state index in [2.05, 4.69) is 44.3 Å². The first-order chi connectivity index (χ1) is 12.5. The molecule has 0 spiro atoms. The molecule has 0 bridgehead atoms. The summed E-state index contributed by atoms with van der Waals surface area (Å²) in [6, 6.07) is 16.0. The normalized spacial score (nSPS) is 12.2. The molecule has 1 heterocycles. The van der Waals surface area contributed by atoms with Gasteiger partial charge in [-0.1, -0.05) is 48.5 Å². The zero-order valence-electron chi connectivity index (χ0n) is 15.7. The van der Waals surface area contributed by atoms with Crippen LogP contribution in [0.3, 0.4) is 0 Å². The molecule has 0 aliphatic carbocycles. The molecule has 3 nitrogen and oxygen atoms in total. The van der Waals surface area contributed by atoms with Crippen molar-refractivity contribution in [3.8, 4) is 0 Å². The number of anilines is 1. The maximum Gasteiger partial charge on any atom is 0.237 e. The summed E-state index contributed by atoms with van der Waals surface area (Å²) in [7, 11) is 0. The molecular weight excluding hydrogens is 340 g/mol. The third-order valence-corrected chi connectivity index (χ3v) is 5.68. The van der Waals surface area contributed by atoms with Gasteiger partial charge in [0.15, 0.2) is 0 Å². The minimum atomic E-state index is -0.176. The summed E-state index contributed by atoms with van der Waals surface area (Å²) in [6.45, 7) is 8.34. The van der Waals surface area contributed by atoms with Gasteiger partial charge in [0, 0.05) is 11.1 Å². The number of benzene rings is 2. The van der Waals surface area contributed by atoms with E-state index in [1.807, 2.05) is 37.3 Å². The summed E-state index contributed by atoms with van der Waals surface area (Å²) in [6.07, 6.45) is 0.745. The molecule has 2 aromatic carbocycles. The zero-order valence-corrected chi connectivity index (χ0v) is 16.5. The molecular formula is C22H24N2OS. The summed E-state index contributed by atoms with van der Waals surface area (Å²) >= 11 is 1.53. The number of nitrogens with one attached hydrogen (secondary N) is 1. The van der Waals surface area contributed by atoms with Gasteiger partial charge in [0.25, 0.3) is 0 Å². The third kappa shape index (κ3) is 4.07. The fraction of sp³-hybridized carbons (Fsp3) is 0.273. The molecule has 1 N–H and O–H groups in total. The van der Waals surface area contributed by atoms with Crippen molar-refractivity contribution in [1.29, 1.82) is 0 Å². The van der Waals surface area contributed by atoms with Crippen LogP contribution in [-0.2, 0) is 4.79 Å². The molecule has 1 amide bonds. The standard InChI is InChI=1S/C22H24N2OS/c1-5-19(22(25)23-17-9-7-6-8-10-17)26-20-13-15(3)18-12-14(2)11-16(4)21(18)24-20/h6-13,19H,5H2,1-4H3,(H,23,25). The number of rotatable bonds is 5. The lowest BCUT2D eigenvalue weighted by atomic mass is 10.0. The molecule has 0 aliphatic heterocycles. The van der Waals surface area contributed by atoms with Crippen LogP contribution in [0.2, 0.25) is 0 Å². The third-order valence-electron chi connectivity index (χ3n) is 4.40.